The fourth-order valence-electron chi connectivity index (χ4n) is 6.29. The summed E-state index contributed by atoms with van der Waals surface area (Å²) in [4.78, 5) is 15.0. The molecule has 0 radical (unpaired) electrons. The van der Waals surface area contributed by atoms with E-state index in [9.17, 15) is 0 Å². The Balaban J connectivity index is 1.17. The highest BCUT2D eigenvalue weighted by Gasteiger charge is 2.16. The Morgan fingerprint density at radius 1 is 0.319 bits per heavy atom. The van der Waals surface area contributed by atoms with E-state index in [0.717, 1.165) is 60.5 Å². The number of aromatic nitrogens is 3. The van der Waals surface area contributed by atoms with E-state index in [1.54, 1.807) is 0 Å². The van der Waals surface area contributed by atoms with Gasteiger partial charge in [-0.05, 0) is 45.8 Å². The van der Waals surface area contributed by atoms with Crippen molar-refractivity contribution in [2.24, 2.45) is 0 Å². The van der Waals surface area contributed by atoms with Crippen LogP contribution in [0.4, 0.5) is 0 Å². The minimum atomic E-state index is 0.594. The minimum absolute atomic E-state index is 0.594. The number of benzene rings is 7. The summed E-state index contributed by atoms with van der Waals surface area (Å²) < 4.78 is 6.50. The Labute approximate surface area is 271 Å². The van der Waals surface area contributed by atoms with Gasteiger partial charge in [-0.1, -0.05) is 146 Å². The lowest BCUT2D eigenvalue weighted by Crippen LogP contribution is -2.00. The zero-order valence-electron chi connectivity index (χ0n) is 25.3. The van der Waals surface area contributed by atoms with E-state index in [-0.39, 0.29) is 0 Å². The molecule has 7 aromatic carbocycles. The molecule has 0 saturated carbocycles. The zero-order chi connectivity index (χ0) is 31.2. The van der Waals surface area contributed by atoms with Gasteiger partial charge in [-0.25, -0.2) is 15.0 Å². The molecule has 2 heterocycles. The molecule has 0 fully saturated rings. The third-order valence-corrected chi connectivity index (χ3v) is 8.76. The molecule has 4 nitrogen and oxygen atoms in total. The molecular weight excluding hydrogens is 574 g/mol. The van der Waals surface area contributed by atoms with Gasteiger partial charge in [-0.2, -0.15) is 0 Å². The van der Waals surface area contributed by atoms with E-state index in [1.165, 1.54) is 11.1 Å². The van der Waals surface area contributed by atoms with E-state index in [2.05, 4.69) is 140 Å². The molecule has 0 atom stereocenters. The average Bonchev–Trinajstić information content (AvgIpc) is 3.54. The number of nitrogens with zero attached hydrogens (tertiary/aromatic N) is 3. The van der Waals surface area contributed by atoms with Crippen molar-refractivity contribution in [3.05, 3.63) is 164 Å². The lowest BCUT2D eigenvalue weighted by Gasteiger charge is -2.10. The molecule has 0 spiro atoms. The van der Waals surface area contributed by atoms with Crippen molar-refractivity contribution in [2.75, 3.05) is 0 Å². The molecule has 2 aromatic heterocycles. The molecule has 0 saturated heterocycles. The number of fused-ring (bicyclic) bond motifs is 5. The van der Waals surface area contributed by atoms with Crippen LogP contribution in [0.1, 0.15) is 0 Å². The van der Waals surface area contributed by atoms with Crippen LogP contribution < -0.4 is 0 Å². The van der Waals surface area contributed by atoms with Gasteiger partial charge in [0.05, 0.1) is 0 Å². The highest BCUT2D eigenvalue weighted by molar-refractivity contribution is 6.15. The van der Waals surface area contributed by atoms with Crippen LogP contribution in [-0.2, 0) is 0 Å². The Hall–Kier alpha value is -6.39. The van der Waals surface area contributed by atoms with E-state index >= 15 is 0 Å². The van der Waals surface area contributed by atoms with Gasteiger partial charge in [-0.15, -0.1) is 0 Å². The summed E-state index contributed by atoms with van der Waals surface area (Å²) in [6.45, 7) is 0. The van der Waals surface area contributed by atoms with E-state index in [0.29, 0.717) is 17.5 Å². The molecule has 0 aliphatic rings. The van der Waals surface area contributed by atoms with Gasteiger partial charge in [0.25, 0.3) is 0 Å². The molecule has 0 aliphatic carbocycles. The van der Waals surface area contributed by atoms with Crippen LogP contribution in [-0.4, -0.2) is 15.0 Å². The van der Waals surface area contributed by atoms with Crippen molar-refractivity contribution >= 4 is 32.7 Å². The maximum Gasteiger partial charge on any atom is 0.164 e. The van der Waals surface area contributed by atoms with Crippen molar-refractivity contribution < 1.29 is 4.42 Å². The molecule has 0 bridgehead atoms. The van der Waals surface area contributed by atoms with Crippen molar-refractivity contribution in [1.82, 2.24) is 15.0 Å². The first kappa shape index (κ1) is 27.0. The molecule has 220 valence electrons. The van der Waals surface area contributed by atoms with Crippen molar-refractivity contribution in [3.63, 3.8) is 0 Å². The summed E-state index contributed by atoms with van der Waals surface area (Å²) in [6.07, 6.45) is 0. The smallest absolute Gasteiger partial charge is 0.164 e. The predicted molar refractivity (Wildman–Crippen MR) is 192 cm³/mol. The van der Waals surface area contributed by atoms with Crippen LogP contribution in [0, 0.1) is 0 Å². The molecule has 4 heteroatoms. The normalized spacial score (nSPS) is 11.4. The van der Waals surface area contributed by atoms with Crippen LogP contribution in [0.15, 0.2) is 168 Å². The molecule has 9 rings (SSSR count). The summed E-state index contributed by atoms with van der Waals surface area (Å²) in [7, 11) is 0. The topological polar surface area (TPSA) is 51.8 Å². The number of furan rings is 1. The van der Waals surface area contributed by atoms with Crippen molar-refractivity contribution in [3.8, 4) is 56.4 Å². The molecule has 0 unspecified atom stereocenters. The Morgan fingerprint density at radius 3 is 1.36 bits per heavy atom. The van der Waals surface area contributed by atoms with Gasteiger partial charge in [0, 0.05) is 32.8 Å². The standard InChI is InChI=1S/C43H27N3O/c1-3-9-28(10-4-1)30-15-19-33(20-16-30)41-44-42(34-21-17-31(18-22-34)29-11-5-2-6-12-29)46-43(45-41)35-24-25-37-38-26-23-32-13-7-8-14-36(32)40(38)47-39(37)27-35/h1-27H. The second-order valence-electron chi connectivity index (χ2n) is 11.7. The Morgan fingerprint density at radius 2 is 0.766 bits per heavy atom. The lowest BCUT2D eigenvalue weighted by molar-refractivity contribution is 0.673. The van der Waals surface area contributed by atoms with E-state index in [1.807, 2.05) is 24.3 Å². The highest BCUT2D eigenvalue weighted by Crippen LogP contribution is 2.36. The molecule has 47 heavy (non-hydrogen) atoms. The predicted octanol–water partition coefficient (Wildman–Crippen LogP) is 11.3. The maximum absolute atomic E-state index is 6.50. The summed E-state index contributed by atoms with van der Waals surface area (Å²) in [5, 5.41) is 4.42. The Bertz CT molecular complexity index is 2440. The Kier molecular flexibility index (Phi) is 6.43. The summed E-state index contributed by atoms with van der Waals surface area (Å²) in [5.74, 6) is 1.83. The van der Waals surface area contributed by atoms with Crippen LogP contribution in [0.25, 0.3) is 89.1 Å². The molecule has 0 amide bonds. The monoisotopic (exact) mass is 601 g/mol. The van der Waals surface area contributed by atoms with E-state index < -0.39 is 0 Å². The van der Waals surface area contributed by atoms with Gasteiger partial charge in [0.1, 0.15) is 11.2 Å². The summed E-state index contributed by atoms with van der Waals surface area (Å²) in [5.41, 5.74) is 9.03. The molecular formula is C43H27N3O. The molecule has 9 aromatic rings. The van der Waals surface area contributed by atoms with Gasteiger partial charge < -0.3 is 4.42 Å². The van der Waals surface area contributed by atoms with Gasteiger partial charge in [-0.3, -0.25) is 0 Å². The third kappa shape index (κ3) is 4.93. The maximum atomic E-state index is 6.50. The number of rotatable bonds is 5. The van der Waals surface area contributed by atoms with Crippen LogP contribution >= 0.6 is 0 Å². The quantitative estimate of drug-likeness (QED) is 0.197. The van der Waals surface area contributed by atoms with Gasteiger partial charge in [0.15, 0.2) is 17.5 Å². The van der Waals surface area contributed by atoms with Crippen LogP contribution in [0.3, 0.4) is 0 Å². The van der Waals surface area contributed by atoms with Crippen molar-refractivity contribution in [1.29, 1.82) is 0 Å². The molecule has 0 N–H and O–H groups in total. The van der Waals surface area contributed by atoms with E-state index in [4.69, 9.17) is 19.4 Å². The van der Waals surface area contributed by atoms with Crippen LogP contribution in [0.2, 0.25) is 0 Å². The third-order valence-electron chi connectivity index (χ3n) is 8.76. The second-order valence-corrected chi connectivity index (χ2v) is 11.7. The first-order valence-corrected chi connectivity index (χ1v) is 15.7. The fourth-order valence-corrected chi connectivity index (χ4v) is 6.29. The second kappa shape index (κ2) is 11.2. The highest BCUT2D eigenvalue weighted by atomic mass is 16.3. The molecule has 0 aliphatic heterocycles. The van der Waals surface area contributed by atoms with Gasteiger partial charge in [0.2, 0.25) is 0 Å². The lowest BCUT2D eigenvalue weighted by atomic mass is 10.0. The first-order chi connectivity index (χ1) is 23.3. The largest absolute Gasteiger partial charge is 0.455 e. The van der Waals surface area contributed by atoms with Crippen molar-refractivity contribution in [2.45, 2.75) is 0 Å². The average molecular weight is 602 g/mol. The fraction of sp³-hybridized carbons (Fsp3) is 0. The summed E-state index contributed by atoms with van der Waals surface area (Å²) in [6, 6.07) is 56.4. The number of hydrogen-bond donors (Lipinski definition) is 0. The first-order valence-electron chi connectivity index (χ1n) is 15.7. The van der Waals surface area contributed by atoms with Crippen LogP contribution in [0.5, 0.6) is 0 Å². The number of hydrogen-bond acceptors (Lipinski definition) is 4. The van der Waals surface area contributed by atoms with Gasteiger partial charge >= 0.3 is 0 Å². The SMILES string of the molecule is c1ccc(-c2ccc(-c3nc(-c4ccc(-c5ccccc5)cc4)nc(-c4ccc5c(c4)oc4c6ccccc6ccc54)n3)cc2)cc1. The zero-order valence-corrected chi connectivity index (χ0v) is 25.3. The summed E-state index contributed by atoms with van der Waals surface area (Å²) >= 11 is 0. The minimum Gasteiger partial charge on any atom is -0.455 e.